The molecule has 0 amide bonds. The van der Waals surface area contributed by atoms with Gasteiger partial charge in [0, 0.05) is 0 Å². The molecule has 1 aromatic carbocycles. The second kappa shape index (κ2) is 2.66. The summed E-state index contributed by atoms with van der Waals surface area (Å²) in [5.74, 6) is -0.00815. The molecule has 2 nitrogen and oxygen atoms in total. The molecule has 0 bridgehead atoms. The molecule has 0 heterocycles. The highest BCUT2D eigenvalue weighted by Gasteiger charge is 2.04. The molecule has 0 aliphatic carbocycles. The molecule has 2 heteroatoms. The minimum Gasteiger partial charge on any atom is -0.508 e. The van der Waals surface area contributed by atoms with Crippen molar-refractivity contribution in [3.63, 3.8) is 0 Å². The fraction of sp³-hybridized carbons (Fsp3) is 0.111. The Labute approximate surface area is 65.4 Å². The van der Waals surface area contributed by atoms with Gasteiger partial charge in [-0.1, -0.05) is 18.7 Å². The summed E-state index contributed by atoms with van der Waals surface area (Å²) in [5, 5.41) is 18.3. The van der Waals surface area contributed by atoms with Crippen molar-refractivity contribution in [2.24, 2.45) is 0 Å². The largest absolute Gasteiger partial charge is 0.508 e. The van der Waals surface area contributed by atoms with E-state index in [0.29, 0.717) is 5.56 Å². The van der Waals surface area contributed by atoms with Crippen LogP contribution < -0.4 is 0 Å². The van der Waals surface area contributed by atoms with Crippen molar-refractivity contribution in [2.45, 2.75) is 6.92 Å². The molecule has 11 heavy (non-hydrogen) atoms. The summed E-state index contributed by atoms with van der Waals surface area (Å²) in [6.07, 6.45) is 0. The van der Waals surface area contributed by atoms with Crippen molar-refractivity contribution < 1.29 is 10.2 Å². The molecule has 0 aliphatic heterocycles. The third-order valence-electron chi connectivity index (χ3n) is 1.55. The van der Waals surface area contributed by atoms with E-state index in [1.165, 1.54) is 0 Å². The van der Waals surface area contributed by atoms with Crippen LogP contribution in [0.4, 0.5) is 0 Å². The van der Waals surface area contributed by atoms with Gasteiger partial charge in [0.25, 0.3) is 0 Å². The molecule has 0 saturated heterocycles. The van der Waals surface area contributed by atoms with Crippen molar-refractivity contribution >= 4 is 5.76 Å². The lowest BCUT2D eigenvalue weighted by Gasteiger charge is -2.03. The highest BCUT2D eigenvalue weighted by atomic mass is 16.3. The van der Waals surface area contributed by atoms with Gasteiger partial charge in [0.1, 0.15) is 11.5 Å². The zero-order chi connectivity index (χ0) is 8.43. The predicted molar refractivity (Wildman–Crippen MR) is 44.5 cm³/mol. The number of phenols is 1. The standard InChI is InChI=1S/C9H10O2/c1-6-4-3-5-8(7(2)10)9(6)11/h3-5,10-11H,2H2,1H3. The van der Waals surface area contributed by atoms with E-state index < -0.39 is 0 Å². The lowest BCUT2D eigenvalue weighted by molar-refractivity contribution is 0.457. The normalized spacial score (nSPS) is 9.55. The second-order valence-corrected chi connectivity index (χ2v) is 2.42. The number of aliphatic hydroxyl groups excluding tert-OH is 1. The van der Waals surface area contributed by atoms with E-state index in [2.05, 4.69) is 6.58 Å². The van der Waals surface area contributed by atoms with Gasteiger partial charge in [0.15, 0.2) is 0 Å². The smallest absolute Gasteiger partial charge is 0.129 e. The summed E-state index contributed by atoms with van der Waals surface area (Å²) in [4.78, 5) is 0. The first-order chi connectivity index (χ1) is 5.13. The van der Waals surface area contributed by atoms with Gasteiger partial charge in [0.2, 0.25) is 0 Å². The molecule has 0 spiro atoms. The average Bonchev–Trinajstić information content (AvgIpc) is 1.94. The van der Waals surface area contributed by atoms with Crippen LogP contribution in [0.5, 0.6) is 5.75 Å². The molecule has 0 fully saturated rings. The number of aryl methyl sites for hydroxylation is 1. The average molecular weight is 150 g/mol. The van der Waals surface area contributed by atoms with Crippen molar-refractivity contribution in [1.82, 2.24) is 0 Å². The fourth-order valence-corrected chi connectivity index (χ4v) is 0.892. The molecule has 2 N–H and O–H groups in total. The maximum Gasteiger partial charge on any atom is 0.129 e. The Bertz CT molecular complexity index is 290. The Morgan fingerprint density at radius 2 is 2.09 bits per heavy atom. The Kier molecular flexibility index (Phi) is 1.85. The van der Waals surface area contributed by atoms with E-state index in [4.69, 9.17) is 5.11 Å². The lowest BCUT2D eigenvalue weighted by atomic mass is 10.1. The highest BCUT2D eigenvalue weighted by Crippen LogP contribution is 2.25. The van der Waals surface area contributed by atoms with Crippen LogP contribution in [0.15, 0.2) is 24.8 Å². The molecule has 0 unspecified atom stereocenters. The molecule has 0 saturated carbocycles. The minimum atomic E-state index is -0.105. The molecular formula is C9H10O2. The lowest BCUT2D eigenvalue weighted by Crippen LogP contribution is -1.84. The first kappa shape index (κ1) is 7.66. The molecular weight excluding hydrogens is 140 g/mol. The van der Waals surface area contributed by atoms with Gasteiger partial charge in [0.05, 0.1) is 5.56 Å². The third-order valence-corrected chi connectivity index (χ3v) is 1.55. The highest BCUT2D eigenvalue weighted by molar-refractivity contribution is 5.63. The van der Waals surface area contributed by atoms with Crippen LogP contribution in [0, 0.1) is 6.92 Å². The van der Waals surface area contributed by atoms with Gasteiger partial charge in [-0.15, -0.1) is 0 Å². The van der Waals surface area contributed by atoms with Crippen LogP contribution in [0.3, 0.4) is 0 Å². The van der Waals surface area contributed by atoms with E-state index in [9.17, 15) is 5.11 Å². The van der Waals surface area contributed by atoms with E-state index >= 15 is 0 Å². The van der Waals surface area contributed by atoms with Crippen LogP contribution in [-0.2, 0) is 0 Å². The maximum absolute atomic E-state index is 9.35. The van der Waals surface area contributed by atoms with Crippen molar-refractivity contribution in [3.8, 4) is 5.75 Å². The van der Waals surface area contributed by atoms with Crippen LogP contribution in [0.25, 0.3) is 5.76 Å². The fourth-order valence-electron chi connectivity index (χ4n) is 0.892. The first-order valence-corrected chi connectivity index (χ1v) is 3.29. The van der Waals surface area contributed by atoms with Gasteiger partial charge in [-0.3, -0.25) is 0 Å². The Balaban J connectivity index is 3.27. The number of phenolic OH excluding ortho intramolecular Hbond substituents is 1. The summed E-state index contributed by atoms with van der Waals surface area (Å²) in [6, 6.07) is 5.14. The summed E-state index contributed by atoms with van der Waals surface area (Å²) in [7, 11) is 0. The van der Waals surface area contributed by atoms with Gasteiger partial charge >= 0.3 is 0 Å². The van der Waals surface area contributed by atoms with Crippen LogP contribution in [-0.4, -0.2) is 10.2 Å². The summed E-state index contributed by atoms with van der Waals surface area (Å²) in [6.45, 7) is 5.09. The Hall–Kier alpha value is -1.44. The number of aliphatic hydroxyl groups is 1. The Morgan fingerprint density at radius 1 is 1.45 bits per heavy atom. The number of hydrogen-bond acceptors (Lipinski definition) is 2. The van der Waals surface area contributed by atoms with Crippen molar-refractivity contribution in [1.29, 1.82) is 0 Å². The van der Waals surface area contributed by atoms with Gasteiger partial charge < -0.3 is 10.2 Å². The number of para-hydroxylation sites is 1. The predicted octanol–water partition coefficient (Wildman–Crippen LogP) is 2.23. The van der Waals surface area contributed by atoms with E-state index in [1.807, 2.05) is 0 Å². The minimum absolute atomic E-state index is 0.0972. The number of benzene rings is 1. The zero-order valence-corrected chi connectivity index (χ0v) is 6.33. The van der Waals surface area contributed by atoms with Crippen LogP contribution in [0.2, 0.25) is 0 Å². The molecule has 0 aromatic heterocycles. The quantitative estimate of drug-likeness (QED) is 0.602. The topological polar surface area (TPSA) is 40.5 Å². The summed E-state index contributed by atoms with van der Waals surface area (Å²) in [5.41, 5.74) is 1.13. The first-order valence-electron chi connectivity index (χ1n) is 3.29. The molecule has 1 aromatic rings. The van der Waals surface area contributed by atoms with Gasteiger partial charge in [-0.05, 0) is 18.6 Å². The molecule has 1 rings (SSSR count). The summed E-state index contributed by atoms with van der Waals surface area (Å²) < 4.78 is 0. The molecule has 58 valence electrons. The van der Waals surface area contributed by atoms with Gasteiger partial charge in [-0.25, -0.2) is 0 Å². The molecule has 0 aliphatic rings. The zero-order valence-electron chi connectivity index (χ0n) is 6.33. The molecule has 0 atom stereocenters. The number of rotatable bonds is 1. The number of hydrogen-bond donors (Lipinski definition) is 2. The van der Waals surface area contributed by atoms with Crippen LogP contribution in [0.1, 0.15) is 11.1 Å². The van der Waals surface area contributed by atoms with E-state index in [1.54, 1.807) is 25.1 Å². The maximum atomic E-state index is 9.35. The Morgan fingerprint density at radius 3 is 2.55 bits per heavy atom. The second-order valence-electron chi connectivity index (χ2n) is 2.42. The number of aromatic hydroxyl groups is 1. The SMILES string of the molecule is C=C(O)c1cccc(C)c1O. The monoisotopic (exact) mass is 150 g/mol. The van der Waals surface area contributed by atoms with Crippen molar-refractivity contribution in [2.75, 3.05) is 0 Å². The van der Waals surface area contributed by atoms with Gasteiger partial charge in [-0.2, -0.15) is 0 Å². The molecule has 0 radical (unpaired) electrons. The van der Waals surface area contributed by atoms with E-state index in [0.717, 1.165) is 5.56 Å². The summed E-state index contributed by atoms with van der Waals surface area (Å²) >= 11 is 0. The van der Waals surface area contributed by atoms with Crippen molar-refractivity contribution in [3.05, 3.63) is 35.9 Å². The third kappa shape index (κ3) is 1.34. The van der Waals surface area contributed by atoms with E-state index in [-0.39, 0.29) is 11.5 Å². The van der Waals surface area contributed by atoms with Crippen LogP contribution >= 0.6 is 0 Å².